The maximum Gasteiger partial charge on any atom is 0.389 e. The highest BCUT2D eigenvalue weighted by atomic mass is 79.9. The predicted molar refractivity (Wildman–Crippen MR) is 58.2 cm³/mol. The summed E-state index contributed by atoms with van der Waals surface area (Å²) < 4.78 is 35.6. The smallest absolute Gasteiger partial charge is 0.306 e. The van der Waals surface area contributed by atoms with Crippen molar-refractivity contribution in [2.75, 3.05) is 20.1 Å². The van der Waals surface area contributed by atoms with Crippen LogP contribution < -0.4 is 0 Å². The highest BCUT2D eigenvalue weighted by Gasteiger charge is 2.28. The first-order chi connectivity index (χ1) is 6.87. The molecule has 15 heavy (non-hydrogen) atoms. The molecule has 0 amide bonds. The van der Waals surface area contributed by atoms with Gasteiger partial charge in [-0.05, 0) is 38.8 Å². The number of alkyl halides is 4. The normalized spacial score (nSPS) is 26.8. The Kier molecular flexibility index (Phi) is 4.90. The molecule has 1 nitrogen and oxygen atoms in total. The summed E-state index contributed by atoms with van der Waals surface area (Å²) in [5.41, 5.74) is 0. The predicted octanol–water partition coefficient (Wildman–Crippen LogP) is 3.43. The summed E-state index contributed by atoms with van der Waals surface area (Å²) in [5, 5.41) is 0. The van der Waals surface area contributed by atoms with Crippen molar-refractivity contribution in [3.8, 4) is 0 Å². The van der Waals surface area contributed by atoms with Gasteiger partial charge in [-0.15, -0.1) is 0 Å². The molecule has 1 aliphatic carbocycles. The van der Waals surface area contributed by atoms with Gasteiger partial charge in [0.25, 0.3) is 0 Å². The highest BCUT2D eigenvalue weighted by molar-refractivity contribution is 9.09. The van der Waals surface area contributed by atoms with E-state index in [2.05, 4.69) is 15.9 Å². The molecule has 0 aromatic carbocycles. The highest BCUT2D eigenvalue weighted by Crippen LogP contribution is 2.33. The molecular weight excluding hydrogens is 271 g/mol. The van der Waals surface area contributed by atoms with Crippen LogP contribution in [0.4, 0.5) is 13.2 Å². The molecule has 1 saturated carbocycles. The van der Waals surface area contributed by atoms with Crippen molar-refractivity contribution in [2.24, 2.45) is 5.92 Å². The second-order valence-electron chi connectivity index (χ2n) is 4.42. The van der Waals surface area contributed by atoms with Crippen LogP contribution in [0.25, 0.3) is 0 Å². The number of hydrogen-bond donors (Lipinski definition) is 0. The van der Waals surface area contributed by atoms with Gasteiger partial charge in [0.2, 0.25) is 0 Å². The van der Waals surface area contributed by atoms with Crippen LogP contribution in [0, 0.1) is 5.92 Å². The summed E-state index contributed by atoms with van der Waals surface area (Å²) >= 11 is 3.50. The van der Waals surface area contributed by atoms with E-state index in [0.717, 1.165) is 19.4 Å². The molecular formula is C10H17BrF3N. The van der Waals surface area contributed by atoms with Crippen molar-refractivity contribution in [1.82, 2.24) is 4.90 Å². The summed E-state index contributed by atoms with van der Waals surface area (Å²) in [6, 6.07) is 0. The molecule has 0 saturated heterocycles. The van der Waals surface area contributed by atoms with Gasteiger partial charge in [-0.3, -0.25) is 0 Å². The van der Waals surface area contributed by atoms with E-state index in [1.165, 1.54) is 0 Å². The van der Waals surface area contributed by atoms with E-state index in [4.69, 9.17) is 0 Å². The van der Waals surface area contributed by atoms with Gasteiger partial charge in [0.15, 0.2) is 0 Å². The fraction of sp³-hybridized carbons (Fsp3) is 1.00. The Hall–Kier alpha value is 0.230. The molecule has 1 fully saturated rings. The lowest BCUT2D eigenvalue weighted by atomic mass is 9.85. The second kappa shape index (κ2) is 5.53. The summed E-state index contributed by atoms with van der Waals surface area (Å²) in [6.07, 6.45) is -2.14. The van der Waals surface area contributed by atoms with Gasteiger partial charge in [0.05, 0.1) is 0 Å². The summed E-state index contributed by atoms with van der Waals surface area (Å²) in [4.78, 5) is 2.64. The van der Waals surface area contributed by atoms with E-state index >= 15 is 0 Å². The average molecular weight is 288 g/mol. The lowest BCUT2D eigenvalue weighted by Gasteiger charge is -2.34. The number of halogens is 4. The summed E-state index contributed by atoms with van der Waals surface area (Å²) in [5.74, 6) is 0.672. The number of hydrogen-bond acceptors (Lipinski definition) is 1. The molecule has 0 spiro atoms. The topological polar surface area (TPSA) is 3.24 Å². The van der Waals surface area contributed by atoms with Crippen molar-refractivity contribution in [3.63, 3.8) is 0 Å². The quantitative estimate of drug-likeness (QED) is 0.700. The van der Waals surface area contributed by atoms with E-state index in [1.54, 1.807) is 0 Å². The minimum atomic E-state index is -4.00. The number of rotatable bonds is 5. The van der Waals surface area contributed by atoms with Crippen LogP contribution in [-0.2, 0) is 0 Å². The minimum Gasteiger partial charge on any atom is -0.306 e. The fourth-order valence-electron chi connectivity index (χ4n) is 1.88. The molecule has 90 valence electrons. The molecule has 0 aromatic rings. The molecule has 0 aromatic heterocycles. The molecule has 0 aliphatic heterocycles. The molecule has 0 atom stereocenters. The van der Waals surface area contributed by atoms with Crippen molar-refractivity contribution in [3.05, 3.63) is 0 Å². The van der Waals surface area contributed by atoms with E-state index in [-0.39, 0.29) is 6.42 Å². The monoisotopic (exact) mass is 287 g/mol. The van der Waals surface area contributed by atoms with Gasteiger partial charge in [-0.2, -0.15) is 13.2 Å². The fourth-order valence-corrected chi connectivity index (χ4v) is 2.94. The van der Waals surface area contributed by atoms with E-state index in [1.807, 2.05) is 11.9 Å². The Morgan fingerprint density at radius 3 is 2.40 bits per heavy atom. The van der Waals surface area contributed by atoms with Crippen LogP contribution >= 0.6 is 15.9 Å². The maximum atomic E-state index is 11.9. The zero-order valence-electron chi connectivity index (χ0n) is 8.86. The number of nitrogens with zero attached hydrogens (tertiary/aromatic N) is 1. The Morgan fingerprint density at radius 1 is 1.33 bits per heavy atom. The first-order valence-corrected chi connectivity index (χ1v) is 6.18. The zero-order chi connectivity index (χ0) is 11.5. The third kappa shape index (κ3) is 5.76. The van der Waals surface area contributed by atoms with Crippen LogP contribution in [-0.4, -0.2) is 36.0 Å². The molecule has 0 heterocycles. The van der Waals surface area contributed by atoms with Crippen molar-refractivity contribution in [2.45, 2.75) is 36.7 Å². The van der Waals surface area contributed by atoms with Crippen LogP contribution in [0.2, 0.25) is 0 Å². The first kappa shape index (κ1) is 13.3. The van der Waals surface area contributed by atoms with E-state index in [9.17, 15) is 13.2 Å². The minimum absolute atomic E-state index is 0.213. The van der Waals surface area contributed by atoms with Gasteiger partial charge in [-0.1, -0.05) is 15.9 Å². The largest absolute Gasteiger partial charge is 0.389 e. The molecule has 0 radical (unpaired) electrons. The third-order valence-corrected chi connectivity index (χ3v) is 3.50. The van der Waals surface area contributed by atoms with Crippen LogP contribution in [0.3, 0.4) is 0 Å². The summed E-state index contributed by atoms with van der Waals surface area (Å²) in [6.45, 7) is 1.48. The van der Waals surface area contributed by atoms with Crippen molar-refractivity contribution >= 4 is 15.9 Å². The lowest BCUT2D eigenvalue weighted by Crippen LogP contribution is -2.35. The van der Waals surface area contributed by atoms with Crippen LogP contribution in [0.5, 0.6) is 0 Å². The molecule has 5 heteroatoms. The second-order valence-corrected chi connectivity index (χ2v) is 5.71. The maximum absolute atomic E-state index is 11.9. The van der Waals surface area contributed by atoms with Crippen molar-refractivity contribution < 1.29 is 13.2 Å². The van der Waals surface area contributed by atoms with Crippen LogP contribution in [0.15, 0.2) is 0 Å². The lowest BCUT2D eigenvalue weighted by molar-refractivity contribution is -0.136. The Bertz CT molecular complexity index is 190. The van der Waals surface area contributed by atoms with Gasteiger partial charge >= 0.3 is 6.18 Å². The van der Waals surface area contributed by atoms with E-state index in [0.29, 0.717) is 17.3 Å². The van der Waals surface area contributed by atoms with E-state index < -0.39 is 12.6 Å². The molecule has 0 N–H and O–H groups in total. The van der Waals surface area contributed by atoms with Gasteiger partial charge in [-0.25, -0.2) is 0 Å². The Morgan fingerprint density at radius 2 is 1.93 bits per heavy atom. The molecule has 1 aliphatic rings. The molecule has 1 rings (SSSR count). The van der Waals surface area contributed by atoms with Crippen LogP contribution in [0.1, 0.15) is 25.7 Å². The molecule has 0 unspecified atom stereocenters. The SMILES string of the molecule is CN(CCCC(F)(F)F)CC1CC(Br)C1. The summed E-state index contributed by atoms with van der Waals surface area (Å²) in [7, 11) is 1.90. The standard InChI is InChI=1S/C10H17BrF3N/c1-15(4-2-3-10(12,13)14)7-8-5-9(11)6-8/h8-9H,2-7H2,1H3. The van der Waals surface area contributed by atoms with Gasteiger partial charge in [0, 0.05) is 17.8 Å². The van der Waals surface area contributed by atoms with Gasteiger partial charge < -0.3 is 4.90 Å². The first-order valence-electron chi connectivity index (χ1n) is 5.26. The Balaban J connectivity index is 2.01. The average Bonchev–Trinajstić information content (AvgIpc) is 1.98. The Labute approximate surface area is 97.1 Å². The zero-order valence-corrected chi connectivity index (χ0v) is 10.4. The molecule has 0 bridgehead atoms. The van der Waals surface area contributed by atoms with Crippen molar-refractivity contribution in [1.29, 1.82) is 0 Å². The third-order valence-electron chi connectivity index (χ3n) is 2.75. The van der Waals surface area contributed by atoms with Gasteiger partial charge in [0.1, 0.15) is 0 Å².